The average molecular weight is 651 g/mol. The number of rotatable bonds is 8. The highest BCUT2D eigenvalue weighted by molar-refractivity contribution is 6.30. The molecule has 13 heteroatoms. The lowest BCUT2D eigenvalue weighted by Crippen LogP contribution is -2.50. The number of primary amides is 1. The van der Waals surface area contributed by atoms with Gasteiger partial charge in [-0.3, -0.25) is 19.5 Å². The fraction of sp³-hybridized carbons (Fsp3) is 0.424. The van der Waals surface area contributed by atoms with Crippen LogP contribution in [0.25, 0.3) is 22.2 Å². The van der Waals surface area contributed by atoms with Crippen LogP contribution in [0.2, 0.25) is 5.02 Å². The standard InChI is InChI=1S/C33H33ClF2N6O4/c1-32(2)13-19(9-10-45-32)16-42-30-23(15-39-42)27(28(29(37)43)24(40-30)11-18-3-4-18)20-5-8-25-26(12-20)46-33(35,36)31(44)41(25)17-22-7-6-21(34)14-38-22/h5-8,12,14-15,18-19H,3-4,9-11,13,16-17H2,1-2H3,(H2,37,43)/t19-/m0/s1. The normalized spacial score (nSPS) is 20.4. The van der Waals surface area contributed by atoms with Crippen molar-refractivity contribution >= 4 is 40.1 Å². The molecule has 46 heavy (non-hydrogen) atoms. The predicted octanol–water partition coefficient (Wildman–Crippen LogP) is 5.92. The van der Waals surface area contributed by atoms with Crippen molar-refractivity contribution in [2.75, 3.05) is 11.5 Å². The van der Waals surface area contributed by atoms with Crippen LogP contribution in [-0.2, 0) is 29.0 Å². The number of carbonyl (C=O) groups excluding carboxylic acids is 2. The molecule has 10 nitrogen and oxygen atoms in total. The van der Waals surface area contributed by atoms with Gasteiger partial charge in [-0.15, -0.1) is 0 Å². The summed E-state index contributed by atoms with van der Waals surface area (Å²) in [5.41, 5.74) is 8.50. The summed E-state index contributed by atoms with van der Waals surface area (Å²) in [7, 11) is 0. The minimum atomic E-state index is -4.13. The van der Waals surface area contributed by atoms with E-state index in [1.54, 1.807) is 24.4 Å². The minimum Gasteiger partial charge on any atom is -0.423 e. The molecule has 2 fully saturated rings. The maximum absolute atomic E-state index is 15.0. The van der Waals surface area contributed by atoms with Crippen molar-refractivity contribution in [3.8, 4) is 16.9 Å². The van der Waals surface area contributed by atoms with Gasteiger partial charge in [0.2, 0.25) is 0 Å². The maximum atomic E-state index is 15.0. The first kappa shape index (κ1) is 30.5. The van der Waals surface area contributed by atoms with E-state index in [-0.39, 0.29) is 29.1 Å². The van der Waals surface area contributed by atoms with Crippen LogP contribution in [0.15, 0.2) is 42.7 Å². The van der Waals surface area contributed by atoms with Gasteiger partial charge in [-0.2, -0.15) is 13.9 Å². The number of halogens is 3. The van der Waals surface area contributed by atoms with Gasteiger partial charge in [0.05, 0.1) is 46.0 Å². The Bertz CT molecular complexity index is 1860. The summed E-state index contributed by atoms with van der Waals surface area (Å²) in [6, 6.07) is 7.74. The minimum absolute atomic E-state index is 0.137. The number of aromatic nitrogens is 4. The zero-order chi connectivity index (χ0) is 32.4. The first-order chi connectivity index (χ1) is 21.9. The summed E-state index contributed by atoms with van der Waals surface area (Å²) in [4.78, 5) is 36.0. The van der Waals surface area contributed by atoms with Gasteiger partial charge >= 0.3 is 12.0 Å². The Labute approximate surface area is 268 Å². The average Bonchev–Trinajstić information content (AvgIpc) is 3.73. The summed E-state index contributed by atoms with van der Waals surface area (Å²) in [5, 5.41) is 5.63. The Hall–Kier alpha value is -4.16. The zero-order valence-electron chi connectivity index (χ0n) is 25.4. The Balaban J connectivity index is 1.34. The quantitative estimate of drug-likeness (QED) is 0.251. The monoisotopic (exact) mass is 650 g/mol. The van der Waals surface area contributed by atoms with E-state index in [0.717, 1.165) is 30.6 Å². The number of nitrogens with zero attached hydrogens (tertiary/aromatic N) is 5. The number of hydrogen-bond acceptors (Lipinski definition) is 7. The molecule has 0 unspecified atom stereocenters. The summed E-state index contributed by atoms with van der Waals surface area (Å²) in [6.07, 6.45) is 3.24. The molecule has 2 amide bonds. The van der Waals surface area contributed by atoms with Gasteiger partial charge in [0.1, 0.15) is 0 Å². The van der Waals surface area contributed by atoms with Crippen molar-refractivity contribution in [1.29, 1.82) is 0 Å². The molecule has 0 bridgehead atoms. The number of anilines is 1. The third-order valence-corrected chi connectivity index (χ3v) is 9.12. The van der Waals surface area contributed by atoms with Crippen LogP contribution < -0.4 is 15.4 Å². The Morgan fingerprint density at radius 1 is 1.13 bits per heavy atom. The lowest BCUT2D eigenvalue weighted by molar-refractivity contribution is -0.193. The number of nitrogens with two attached hydrogens (primary N) is 1. The van der Waals surface area contributed by atoms with Gasteiger partial charge in [-0.05, 0) is 87.6 Å². The summed E-state index contributed by atoms with van der Waals surface area (Å²) in [5.74, 6) is -1.73. The fourth-order valence-electron chi connectivity index (χ4n) is 6.58. The van der Waals surface area contributed by atoms with Gasteiger partial charge in [0.25, 0.3) is 5.91 Å². The van der Waals surface area contributed by atoms with E-state index in [4.69, 9.17) is 31.8 Å². The van der Waals surface area contributed by atoms with E-state index in [0.29, 0.717) is 70.0 Å². The number of pyridine rings is 2. The van der Waals surface area contributed by atoms with Crippen molar-refractivity contribution in [2.24, 2.45) is 17.6 Å². The highest BCUT2D eigenvalue weighted by atomic mass is 35.5. The molecule has 0 spiro atoms. The van der Waals surface area contributed by atoms with Crippen LogP contribution in [0.4, 0.5) is 14.5 Å². The predicted molar refractivity (Wildman–Crippen MR) is 167 cm³/mol. The van der Waals surface area contributed by atoms with Crippen LogP contribution >= 0.6 is 11.6 Å². The van der Waals surface area contributed by atoms with E-state index in [2.05, 4.69) is 23.9 Å². The number of hydrogen-bond donors (Lipinski definition) is 1. The van der Waals surface area contributed by atoms with Crippen LogP contribution in [-0.4, -0.2) is 49.9 Å². The third kappa shape index (κ3) is 5.79. The second-order valence-electron chi connectivity index (χ2n) is 13.0. The maximum Gasteiger partial charge on any atom is 0.482 e. The summed E-state index contributed by atoms with van der Waals surface area (Å²) >= 11 is 5.93. The second-order valence-corrected chi connectivity index (χ2v) is 13.4. The lowest BCUT2D eigenvalue weighted by Gasteiger charge is -2.35. The largest absolute Gasteiger partial charge is 0.482 e. The van der Waals surface area contributed by atoms with Gasteiger partial charge in [0.15, 0.2) is 11.4 Å². The molecule has 1 atom stereocenters. The molecule has 1 saturated carbocycles. The van der Waals surface area contributed by atoms with E-state index >= 15 is 8.78 Å². The Morgan fingerprint density at radius 2 is 1.93 bits per heavy atom. The molecule has 5 heterocycles. The van der Waals surface area contributed by atoms with E-state index in [9.17, 15) is 9.59 Å². The molecule has 4 aromatic rings. The SMILES string of the molecule is CC1(C)C[C@@H](Cn2ncc3c(-c4ccc5c(c4)OC(F)(F)C(=O)N5Cc4ccc(Cl)cn4)c(C(N)=O)c(CC4CC4)nc32)CCO1. The highest BCUT2D eigenvalue weighted by Gasteiger charge is 2.50. The molecule has 1 aliphatic carbocycles. The Kier molecular flexibility index (Phi) is 7.47. The number of carbonyl (C=O) groups is 2. The van der Waals surface area contributed by atoms with Crippen molar-refractivity contribution in [3.05, 3.63) is 64.7 Å². The molecule has 7 rings (SSSR count). The smallest absolute Gasteiger partial charge is 0.423 e. The van der Waals surface area contributed by atoms with Gasteiger partial charge in [-0.25, -0.2) is 9.67 Å². The number of fused-ring (bicyclic) bond motifs is 2. The van der Waals surface area contributed by atoms with E-state index < -0.39 is 17.9 Å². The fourth-order valence-corrected chi connectivity index (χ4v) is 6.69. The summed E-state index contributed by atoms with van der Waals surface area (Å²) < 4.78 is 42.8. The van der Waals surface area contributed by atoms with Crippen LogP contribution in [0, 0.1) is 11.8 Å². The van der Waals surface area contributed by atoms with Crippen LogP contribution in [0.5, 0.6) is 5.75 Å². The number of ether oxygens (including phenoxy) is 2. The topological polar surface area (TPSA) is 125 Å². The van der Waals surface area contributed by atoms with Gasteiger partial charge in [0, 0.05) is 30.3 Å². The third-order valence-electron chi connectivity index (χ3n) is 8.90. The molecule has 3 aromatic heterocycles. The molecule has 3 aliphatic rings. The molecular weight excluding hydrogens is 618 g/mol. The second kappa shape index (κ2) is 11.3. The van der Waals surface area contributed by atoms with Crippen molar-refractivity contribution < 1.29 is 27.8 Å². The lowest BCUT2D eigenvalue weighted by atomic mass is 9.88. The zero-order valence-corrected chi connectivity index (χ0v) is 26.2. The first-order valence-electron chi connectivity index (χ1n) is 15.3. The highest BCUT2D eigenvalue weighted by Crippen LogP contribution is 2.45. The van der Waals surface area contributed by atoms with E-state index in [1.165, 1.54) is 18.3 Å². The van der Waals surface area contributed by atoms with Crippen molar-refractivity contribution in [3.63, 3.8) is 0 Å². The van der Waals surface area contributed by atoms with Gasteiger partial charge in [-0.1, -0.05) is 17.7 Å². The van der Waals surface area contributed by atoms with Crippen LogP contribution in [0.1, 0.15) is 61.3 Å². The molecular formula is C33H33ClF2N6O4. The molecule has 240 valence electrons. The molecule has 1 saturated heterocycles. The van der Waals surface area contributed by atoms with Crippen molar-refractivity contribution in [1.82, 2.24) is 19.7 Å². The van der Waals surface area contributed by atoms with Gasteiger partial charge < -0.3 is 15.2 Å². The first-order valence-corrected chi connectivity index (χ1v) is 15.7. The number of alkyl halides is 2. The molecule has 0 radical (unpaired) electrons. The molecule has 2 aliphatic heterocycles. The van der Waals surface area contributed by atoms with Crippen LogP contribution in [0.3, 0.4) is 0 Å². The van der Waals surface area contributed by atoms with E-state index in [1.807, 2.05) is 4.68 Å². The molecule has 1 aromatic carbocycles. The van der Waals surface area contributed by atoms with Crippen molar-refractivity contribution in [2.45, 2.75) is 70.8 Å². The number of amides is 2. The summed E-state index contributed by atoms with van der Waals surface area (Å²) in [6.45, 7) is 5.19. The molecule has 2 N–H and O–H groups in total. The Morgan fingerprint density at radius 3 is 2.63 bits per heavy atom. The number of benzene rings is 1.